The summed E-state index contributed by atoms with van der Waals surface area (Å²) >= 11 is 0. The summed E-state index contributed by atoms with van der Waals surface area (Å²) in [4.78, 5) is 0. The van der Waals surface area contributed by atoms with E-state index in [1.54, 1.807) is 0 Å². The fourth-order valence-corrected chi connectivity index (χ4v) is 2.53. The predicted octanol–water partition coefficient (Wildman–Crippen LogP) is 2.60. The molecule has 0 aromatic heterocycles. The van der Waals surface area contributed by atoms with Crippen molar-refractivity contribution in [3.05, 3.63) is 0 Å². The van der Waals surface area contributed by atoms with Gasteiger partial charge in [0.25, 0.3) is 0 Å². The van der Waals surface area contributed by atoms with E-state index in [4.69, 9.17) is 4.74 Å². The van der Waals surface area contributed by atoms with Crippen LogP contribution < -0.4 is 0 Å². The highest BCUT2D eigenvalue weighted by Gasteiger charge is 2.26. The normalized spacial score (nSPS) is 34.4. The lowest BCUT2D eigenvalue weighted by atomic mass is 9.80. The molecule has 1 nitrogen and oxygen atoms in total. The molecule has 0 bridgehead atoms. The molecular formula is C10H18O. The van der Waals surface area contributed by atoms with Gasteiger partial charge in [-0.3, -0.25) is 0 Å². The maximum Gasteiger partial charge on any atom is 0.0497 e. The first kappa shape index (κ1) is 7.60. The Morgan fingerprint density at radius 1 is 0.818 bits per heavy atom. The van der Waals surface area contributed by atoms with Crippen LogP contribution in [0.5, 0.6) is 0 Å². The van der Waals surface area contributed by atoms with Crippen molar-refractivity contribution < 1.29 is 4.74 Å². The maximum atomic E-state index is 5.41. The van der Waals surface area contributed by atoms with Crippen molar-refractivity contribution >= 4 is 0 Å². The van der Waals surface area contributed by atoms with Crippen molar-refractivity contribution in [2.75, 3.05) is 13.2 Å². The minimum absolute atomic E-state index is 0.926. The van der Waals surface area contributed by atoms with Crippen LogP contribution in [0.15, 0.2) is 0 Å². The molecule has 1 aliphatic heterocycles. The van der Waals surface area contributed by atoms with E-state index >= 15 is 0 Å². The summed E-state index contributed by atoms with van der Waals surface area (Å²) in [6.07, 6.45) is 8.72. The van der Waals surface area contributed by atoms with Crippen LogP contribution in [-0.2, 0) is 4.74 Å². The van der Waals surface area contributed by atoms with Crippen LogP contribution in [0.2, 0.25) is 0 Å². The number of ether oxygens (including phenoxy) is 1. The van der Waals surface area contributed by atoms with E-state index in [9.17, 15) is 0 Å². The molecule has 11 heavy (non-hydrogen) atoms. The van der Waals surface area contributed by atoms with Crippen LogP contribution >= 0.6 is 0 Å². The monoisotopic (exact) mass is 154 g/mol. The predicted molar refractivity (Wildman–Crippen MR) is 45.5 cm³/mol. The van der Waals surface area contributed by atoms with Gasteiger partial charge in [0.05, 0.1) is 0 Å². The zero-order valence-corrected chi connectivity index (χ0v) is 7.22. The summed E-state index contributed by atoms with van der Waals surface area (Å²) < 4.78 is 5.41. The first-order chi connectivity index (χ1) is 5.47. The quantitative estimate of drug-likeness (QED) is 0.564. The SMILES string of the molecule is C1CCC(C2CCOC2)CC1. The van der Waals surface area contributed by atoms with Gasteiger partial charge in [0.1, 0.15) is 0 Å². The fourth-order valence-electron chi connectivity index (χ4n) is 2.53. The van der Waals surface area contributed by atoms with Gasteiger partial charge in [-0.15, -0.1) is 0 Å². The number of rotatable bonds is 1. The molecule has 0 radical (unpaired) electrons. The van der Waals surface area contributed by atoms with Crippen LogP contribution in [0.4, 0.5) is 0 Å². The van der Waals surface area contributed by atoms with Crippen molar-refractivity contribution in [3.63, 3.8) is 0 Å². The van der Waals surface area contributed by atoms with Gasteiger partial charge in [-0.25, -0.2) is 0 Å². The Bertz CT molecular complexity index is 110. The molecule has 2 fully saturated rings. The zero-order chi connectivity index (χ0) is 7.52. The van der Waals surface area contributed by atoms with Gasteiger partial charge in [0.2, 0.25) is 0 Å². The molecule has 1 saturated carbocycles. The highest BCUT2D eigenvalue weighted by atomic mass is 16.5. The zero-order valence-electron chi connectivity index (χ0n) is 7.22. The van der Waals surface area contributed by atoms with Gasteiger partial charge in [-0.05, 0) is 18.3 Å². The van der Waals surface area contributed by atoms with E-state index in [0.717, 1.165) is 25.0 Å². The van der Waals surface area contributed by atoms with Crippen molar-refractivity contribution in [2.24, 2.45) is 11.8 Å². The van der Waals surface area contributed by atoms with Crippen LogP contribution in [0.1, 0.15) is 38.5 Å². The third kappa shape index (κ3) is 1.76. The van der Waals surface area contributed by atoms with Crippen molar-refractivity contribution in [3.8, 4) is 0 Å². The smallest absolute Gasteiger partial charge is 0.0497 e. The highest BCUT2D eigenvalue weighted by Crippen LogP contribution is 2.33. The summed E-state index contributed by atoms with van der Waals surface area (Å²) in [6, 6.07) is 0. The lowest BCUT2D eigenvalue weighted by Crippen LogP contribution is -2.17. The molecule has 1 atom stereocenters. The van der Waals surface area contributed by atoms with Crippen molar-refractivity contribution in [2.45, 2.75) is 38.5 Å². The van der Waals surface area contributed by atoms with Crippen molar-refractivity contribution in [1.82, 2.24) is 0 Å². The standard InChI is InChI=1S/C10H18O/c1-2-4-9(5-3-1)10-6-7-11-8-10/h9-10H,1-8H2. The third-order valence-corrected chi connectivity index (χ3v) is 3.28. The average Bonchev–Trinajstić information content (AvgIpc) is 2.58. The summed E-state index contributed by atoms with van der Waals surface area (Å²) in [6.45, 7) is 2.09. The Balaban J connectivity index is 1.82. The Labute approximate surface area is 69.1 Å². The second-order valence-corrected chi connectivity index (χ2v) is 4.02. The van der Waals surface area contributed by atoms with Gasteiger partial charge in [-0.1, -0.05) is 32.1 Å². The molecule has 0 spiro atoms. The van der Waals surface area contributed by atoms with E-state index in [2.05, 4.69) is 0 Å². The maximum absolute atomic E-state index is 5.41. The molecule has 0 N–H and O–H groups in total. The molecule has 1 saturated heterocycles. The first-order valence-corrected chi connectivity index (χ1v) is 5.04. The summed E-state index contributed by atoms with van der Waals surface area (Å²) in [5.41, 5.74) is 0. The summed E-state index contributed by atoms with van der Waals surface area (Å²) in [5.74, 6) is 1.95. The van der Waals surface area contributed by atoms with E-state index in [1.807, 2.05) is 0 Å². The van der Waals surface area contributed by atoms with Crippen LogP contribution in [0.3, 0.4) is 0 Å². The van der Waals surface area contributed by atoms with Gasteiger partial charge in [0.15, 0.2) is 0 Å². The van der Waals surface area contributed by atoms with Crippen LogP contribution in [0, 0.1) is 11.8 Å². The molecule has 0 amide bonds. The fraction of sp³-hybridized carbons (Fsp3) is 1.00. The van der Waals surface area contributed by atoms with Crippen LogP contribution in [0.25, 0.3) is 0 Å². The summed E-state index contributed by atoms with van der Waals surface area (Å²) in [7, 11) is 0. The minimum Gasteiger partial charge on any atom is -0.381 e. The Morgan fingerprint density at radius 2 is 1.64 bits per heavy atom. The molecule has 2 rings (SSSR count). The second kappa shape index (κ2) is 3.57. The van der Waals surface area contributed by atoms with Gasteiger partial charge >= 0.3 is 0 Å². The molecule has 0 aromatic carbocycles. The molecule has 64 valence electrons. The molecule has 0 aromatic rings. The average molecular weight is 154 g/mol. The van der Waals surface area contributed by atoms with Crippen LogP contribution in [-0.4, -0.2) is 13.2 Å². The topological polar surface area (TPSA) is 9.23 Å². The summed E-state index contributed by atoms with van der Waals surface area (Å²) in [5, 5.41) is 0. The van der Waals surface area contributed by atoms with E-state index in [-0.39, 0.29) is 0 Å². The third-order valence-electron chi connectivity index (χ3n) is 3.28. The molecule has 1 heterocycles. The van der Waals surface area contributed by atoms with Crippen molar-refractivity contribution in [1.29, 1.82) is 0 Å². The Hall–Kier alpha value is -0.0400. The molecule has 2 aliphatic rings. The second-order valence-electron chi connectivity index (χ2n) is 4.02. The molecule has 1 unspecified atom stereocenters. The number of hydrogen-bond donors (Lipinski definition) is 0. The minimum atomic E-state index is 0.926. The molecule has 1 heteroatoms. The van der Waals surface area contributed by atoms with E-state index in [1.165, 1.54) is 38.5 Å². The van der Waals surface area contributed by atoms with Gasteiger partial charge < -0.3 is 4.74 Å². The first-order valence-electron chi connectivity index (χ1n) is 5.04. The lowest BCUT2D eigenvalue weighted by Gasteiger charge is -2.25. The molecule has 1 aliphatic carbocycles. The Kier molecular flexibility index (Phi) is 2.47. The highest BCUT2D eigenvalue weighted by molar-refractivity contribution is 4.76. The largest absolute Gasteiger partial charge is 0.381 e. The van der Waals surface area contributed by atoms with Gasteiger partial charge in [-0.2, -0.15) is 0 Å². The number of hydrogen-bond acceptors (Lipinski definition) is 1. The molecular weight excluding hydrogens is 136 g/mol. The van der Waals surface area contributed by atoms with Gasteiger partial charge in [0, 0.05) is 13.2 Å². The van der Waals surface area contributed by atoms with E-state index < -0.39 is 0 Å². The lowest BCUT2D eigenvalue weighted by molar-refractivity contribution is 0.160. The Morgan fingerprint density at radius 3 is 2.27 bits per heavy atom. The van der Waals surface area contributed by atoms with E-state index in [0.29, 0.717) is 0 Å².